The van der Waals surface area contributed by atoms with Crippen molar-refractivity contribution in [2.24, 2.45) is 5.73 Å². The van der Waals surface area contributed by atoms with E-state index in [9.17, 15) is 4.79 Å². The summed E-state index contributed by atoms with van der Waals surface area (Å²) in [7, 11) is 0. The van der Waals surface area contributed by atoms with Gasteiger partial charge in [0.05, 0.1) is 11.7 Å². The topological polar surface area (TPSA) is 71.2 Å². The molecule has 2 heterocycles. The van der Waals surface area contributed by atoms with Crippen molar-refractivity contribution in [1.29, 1.82) is 0 Å². The second kappa shape index (κ2) is 5.17. The molecule has 1 aliphatic heterocycles. The average Bonchev–Trinajstić information content (AvgIpc) is 2.83. The van der Waals surface area contributed by atoms with E-state index in [1.54, 1.807) is 6.20 Å². The molecular formula is C14H20N4O. The molecule has 5 nitrogen and oxygen atoms in total. The third-order valence-electron chi connectivity index (χ3n) is 4.16. The van der Waals surface area contributed by atoms with Crippen LogP contribution in [-0.2, 0) is 0 Å². The molecule has 0 radical (unpaired) electrons. The van der Waals surface area contributed by atoms with Gasteiger partial charge in [0.15, 0.2) is 0 Å². The molecule has 1 saturated carbocycles. The molecule has 0 bridgehead atoms. The molecule has 2 aliphatic rings. The van der Waals surface area contributed by atoms with Gasteiger partial charge in [-0.3, -0.25) is 4.98 Å². The van der Waals surface area contributed by atoms with Crippen LogP contribution in [0.15, 0.2) is 24.4 Å². The number of urea groups is 1. The van der Waals surface area contributed by atoms with Gasteiger partial charge in [0.25, 0.3) is 0 Å². The maximum atomic E-state index is 12.1. The highest BCUT2D eigenvalue weighted by Crippen LogP contribution is 2.27. The van der Waals surface area contributed by atoms with Crippen LogP contribution in [0.4, 0.5) is 4.79 Å². The molecule has 2 amide bonds. The highest BCUT2D eigenvalue weighted by atomic mass is 16.2. The predicted molar refractivity (Wildman–Crippen MR) is 72.4 cm³/mol. The first-order valence-electron chi connectivity index (χ1n) is 6.97. The van der Waals surface area contributed by atoms with Crippen molar-refractivity contribution in [2.45, 2.75) is 43.8 Å². The Labute approximate surface area is 113 Å². The summed E-state index contributed by atoms with van der Waals surface area (Å²) in [5.41, 5.74) is 6.86. The molecule has 1 saturated heterocycles. The van der Waals surface area contributed by atoms with Crippen molar-refractivity contribution in [2.75, 3.05) is 6.54 Å². The Bertz CT molecular complexity index is 442. The molecule has 5 heteroatoms. The van der Waals surface area contributed by atoms with Crippen molar-refractivity contribution < 1.29 is 4.79 Å². The van der Waals surface area contributed by atoms with Gasteiger partial charge in [-0.1, -0.05) is 6.07 Å². The minimum absolute atomic E-state index is 0.0179. The van der Waals surface area contributed by atoms with Gasteiger partial charge >= 0.3 is 6.03 Å². The molecular weight excluding hydrogens is 240 g/mol. The fourth-order valence-corrected chi connectivity index (χ4v) is 3.03. The SMILES string of the molecule is NC1CCC(N2CC(c3ccccn3)NC2=O)CC1. The van der Waals surface area contributed by atoms with Crippen LogP contribution in [0, 0.1) is 0 Å². The molecule has 19 heavy (non-hydrogen) atoms. The minimum atomic E-state index is 0.0179. The lowest BCUT2D eigenvalue weighted by atomic mass is 9.91. The Morgan fingerprint density at radius 1 is 1.26 bits per heavy atom. The molecule has 2 fully saturated rings. The van der Waals surface area contributed by atoms with E-state index in [2.05, 4.69) is 10.3 Å². The Morgan fingerprint density at radius 3 is 2.74 bits per heavy atom. The summed E-state index contributed by atoms with van der Waals surface area (Å²) >= 11 is 0. The maximum absolute atomic E-state index is 12.1. The molecule has 0 aromatic carbocycles. The van der Waals surface area contributed by atoms with E-state index in [1.165, 1.54) is 0 Å². The number of hydrogen-bond acceptors (Lipinski definition) is 3. The number of nitrogens with two attached hydrogens (primary N) is 1. The number of nitrogens with one attached hydrogen (secondary N) is 1. The number of amides is 2. The second-order valence-electron chi connectivity index (χ2n) is 5.48. The summed E-state index contributed by atoms with van der Waals surface area (Å²) in [5, 5.41) is 3.02. The molecule has 1 aromatic heterocycles. The lowest BCUT2D eigenvalue weighted by Gasteiger charge is -2.32. The first-order valence-corrected chi connectivity index (χ1v) is 6.97. The minimum Gasteiger partial charge on any atom is -0.328 e. The summed E-state index contributed by atoms with van der Waals surface area (Å²) in [4.78, 5) is 18.4. The van der Waals surface area contributed by atoms with Gasteiger partial charge in [0.1, 0.15) is 0 Å². The number of rotatable bonds is 2. The zero-order valence-corrected chi connectivity index (χ0v) is 11.0. The van der Waals surface area contributed by atoms with Crippen LogP contribution >= 0.6 is 0 Å². The fourth-order valence-electron chi connectivity index (χ4n) is 3.03. The van der Waals surface area contributed by atoms with Gasteiger partial charge in [-0.05, 0) is 37.8 Å². The third kappa shape index (κ3) is 2.56. The van der Waals surface area contributed by atoms with Gasteiger partial charge in [-0.25, -0.2) is 4.79 Å². The number of carbonyl (C=O) groups excluding carboxylic acids is 1. The molecule has 1 atom stereocenters. The highest BCUT2D eigenvalue weighted by molar-refractivity contribution is 5.77. The largest absolute Gasteiger partial charge is 0.328 e. The molecule has 102 valence electrons. The van der Waals surface area contributed by atoms with Crippen LogP contribution in [0.1, 0.15) is 37.4 Å². The predicted octanol–water partition coefficient (Wildman–Crippen LogP) is 1.42. The van der Waals surface area contributed by atoms with Gasteiger partial charge in [-0.2, -0.15) is 0 Å². The van der Waals surface area contributed by atoms with E-state index < -0.39 is 0 Å². The molecule has 1 aromatic rings. The maximum Gasteiger partial charge on any atom is 0.318 e. The number of carbonyl (C=O) groups is 1. The van der Waals surface area contributed by atoms with Gasteiger partial charge in [0.2, 0.25) is 0 Å². The number of hydrogen-bond donors (Lipinski definition) is 2. The van der Waals surface area contributed by atoms with E-state index in [4.69, 9.17) is 5.73 Å². The number of nitrogens with zero attached hydrogens (tertiary/aromatic N) is 2. The summed E-state index contributed by atoms with van der Waals surface area (Å²) in [6, 6.07) is 6.52. The van der Waals surface area contributed by atoms with Gasteiger partial charge in [0, 0.05) is 24.8 Å². The van der Waals surface area contributed by atoms with Crippen molar-refractivity contribution in [1.82, 2.24) is 15.2 Å². The van der Waals surface area contributed by atoms with Crippen LogP contribution < -0.4 is 11.1 Å². The molecule has 3 rings (SSSR count). The van der Waals surface area contributed by atoms with Crippen LogP contribution in [-0.4, -0.2) is 34.5 Å². The Balaban J connectivity index is 1.67. The summed E-state index contributed by atoms with van der Waals surface area (Å²) in [6.45, 7) is 0.718. The van der Waals surface area contributed by atoms with Crippen molar-refractivity contribution in [3.05, 3.63) is 30.1 Å². The van der Waals surface area contributed by atoms with E-state index in [0.29, 0.717) is 12.1 Å². The van der Waals surface area contributed by atoms with Crippen LogP contribution in [0.25, 0.3) is 0 Å². The lowest BCUT2D eigenvalue weighted by molar-refractivity contribution is 0.174. The van der Waals surface area contributed by atoms with Gasteiger partial charge < -0.3 is 16.0 Å². The summed E-state index contributed by atoms with van der Waals surface area (Å²) in [6.07, 6.45) is 5.84. The highest BCUT2D eigenvalue weighted by Gasteiger charge is 2.36. The quantitative estimate of drug-likeness (QED) is 0.844. The van der Waals surface area contributed by atoms with Crippen molar-refractivity contribution in [3.8, 4) is 0 Å². The Hall–Kier alpha value is -1.62. The standard InChI is InChI=1S/C14H20N4O/c15-10-4-6-11(7-5-10)18-9-13(17-14(18)19)12-3-1-2-8-16-12/h1-3,8,10-11,13H,4-7,9,15H2,(H,17,19). The zero-order valence-electron chi connectivity index (χ0n) is 11.0. The van der Waals surface area contributed by atoms with Crippen molar-refractivity contribution in [3.63, 3.8) is 0 Å². The molecule has 1 aliphatic carbocycles. The van der Waals surface area contributed by atoms with E-state index >= 15 is 0 Å². The van der Waals surface area contributed by atoms with Gasteiger partial charge in [-0.15, -0.1) is 0 Å². The summed E-state index contributed by atoms with van der Waals surface area (Å²) in [5.74, 6) is 0. The normalized spacial score (nSPS) is 31.3. The van der Waals surface area contributed by atoms with Crippen LogP contribution in [0.5, 0.6) is 0 Å². The van der Waals surface area contributed by atoms with E-state index in [-0.39, 0.29) is 12.1 Å². The monoisotopic (exact) mass is 260 g/mol. The number of aromatic nitrogens is 1. The second-order valence-corrected chi connectivity index (χ2v) is 5.48. The third-order valence-corrected chi connectivity index (χ3v) is 4.16. The summed E-state index contributed by atoms with van der Waals surface area (Å²) < 4.78 is 0. The first kappa shape index (κ1) is 12.4. The zero-order chi connectivity index (χ0) is 13.2. The lowest BCUT2D eigenvalue weighted by Crippen LogP contribution is -2.42. The van der Waals surface area contributed by atoms with Crippen LogP contribution in [0.2, 0.25) is 0 Å². The van der Waals surface area contributed by atoms with Crippen LogP contribution in [0.3, 0.4) is 0 Å². The molecule has 1 unspecified atom stereocenters. The molecule has 0 spiro atoms. The average molecular weight is 260 g/mol. The van der Waals surface area contributed by atoms with E-state index in [0.717, 1.165) is 37.9 Å². The fraction of sp³-hybridized carbons (Fsp3) is 0.571. The van der Waals surface area contributed by atoms with Crippen molar-refractivity contribution >= 4 is 6.03 Å². The van der Waals surface area contributed by atoms with E-state index in [1.807, 2.05) is 23.1 Å². The smallest absolute Gasteiger partial charge is 0.318 e. The molecule has 3 N–H and O–H groups in total. The Morgan fingerprint density at radius 2 is 2.05 bits per heavy atom. The number of pyridine rings is 1. The first-order chi connectivity index (χ1) is 9.24. The Kier molecular flexibility index (Phi) is 3.38.